The molecule has 1 unspecified atom stereocenters. The topological polar surface area (TPSA) is 47.6 Å². The summed E-state index contributed by atoms with van der Waals surface area (Å²) in [6.07, 6.45) is 0. The third kappa shape index (κ3) is 5.11. The normalized spacial score (nSPS) is 11.7. The number of thioether (sulfide) groups is 1. The third-order valence-electron chi connectivity index (χ3n) is 3.80. The molecular weight excluding hydrogens is 360 g/mol. The maximum absolute atomic E-state index is 13.6. The lowest BCUT2D eigenvalue weighted by Crippen LogP contribution is -2.30. The Balaban J connectivity index is 1.88. The monoisotopic (exact) mass is 381 g/mol. The fourth-order valence-corrected chi connectivity index (χ4v) is 3.16. The highest BCUT2D eigenvalue weighted by Gasteiger charge is 2.16. The molecule has 0 saturated carbocycles. The predicted octanol–water partition coefficient (Wildman–Crippen LogP) is 3.92. The Kier molecular flexibility index (Phi) is 7.26. The van der Waals surface area contributed by atoms with Gasteiger partial charge in [-0.15, -0.1) is 11.8 Å². The van der Waals surface area contributed by atoms with E-state index in [2.05, 4.69) is 5.32 Å². The van der Waals surface area contributed by atoms with E-state index < -0.39 is 16.9 Å². The van der Waals surface area contributed by atoms with E-state index >= 15 is 0 Å². The van der Waals surface area contributed by atoms with E-state index in [9.17, 15) is 13.6 Å². The lowest BCUT2D eigenvalue weighted by atomic mass is 10.2. The number of rotatable bonds is 8. The van der Waals surface area contributed by atoms with Gasteiger partial charge in [-0.05, 0) is 30.7 Å². The smallest absolute Gasteiger partial charge is 0.233 e. The summed E-state index contributed by atoms with van der Waals surface area (Å²) in [5, 5.41) is 2.42. The first-order chi connectivity index (χ1) is 12.5. The second-order valence-electron chi connectivity index (χ2n) is 5.57. The van der Waals surface area contributed by atoms with Gasteiger partial charge in [0.15, 0.2) is 23.1 Å². The standard InChI is InChI=1S/C19H21F2NO3S/c1-12(26-11-14-5-4-6-15(20)18(14)21)19(23)22-10-13-7-8-16(24-2)17(9-13)25-3/h4-9,12H,10-11H2,1-3H3,(H,22,23). The molecule has 0 aliphatic rings. The molecule has 2 aromatic rings. The molecule has 1 amide bonds. The number of amides is 1. The average Bonchev–Trinajstić information content (AvgIpc) is 2.66. The Morgan fingerprint density at radius 2 is 1.88 bits per heavy atom. The zero-order chi connectivity index (χ0) is 19.1. The maximum Gasteiger partial charge on any atom is 0.233 e. The molecule has 140 valence electrons. The maximum atomic E-state index is 13.6. The van der Waals surface area contributed by atoms with Gasteiger partial charge in [0.05, 0.1) is 19.5 Å². The first-order valence-electron chi connectivity index (χ1n) is 7.99. The van der Waals surface area contributed by atoms with E-state index in [-0.39, 0.29) is 17.2 Å². The van der Waals surface area contributed by atoms with Crippen molar-refractivity contribution in [1.82, 2.24) is 5.32 Å². The largest absolute Gasteiger partial charge is 0.493 e. The SMILES string of the molecule is COc1ccc(CNC(=O)C(C)SCc2cccc(F)c2F)cc1OC. The summed E-state index contributed by atoms with van der Waals surface area (Å²) in [5.74, 6) is -0.505. The van der Waals surface area contributed by atoms with E-state index in [1.807, 2.05) is 6.07 Å². The summed E-state index contributed by atoms with van der Waals surface area (Å²) < 4.78 is 37.3. The highest BCUT2D eigenvalue weighted by atomic mass is 32.2. The molecule has 1 N–H and O–H groups in total. The van der Waals surface area contributed by atoms with Crippen molar-refractivity contribution in [3.05, 3.63) is 59.2 Å². The van der Waals surface area contributed by atoms with Crippen LogP contribution in [0, 0.1) is 11.6 Å². The molecule has 2 rings (SSSR count). The van der Waals surface area contributed by atoms with Crippen LogP contribution in [-0.4, -0.2) is 25.4 Å². The molecule has 0 heterocycles. The van der Waals surface area contributed by atoms with Gasteiger partial charge in [0.25, 0.3) is 0 Å². The third-order valence-corrected chi connectivity index (χ3v) is 5.00. The van der Waals surface area contributed by atoms with Crippen LogP contribution < -0.4 is 14.8 Å². The van der Waals surface area contributed by atoms with E-state index in [4.69, 9.17) is 9.47 Å². The molecule has 0 spiro atoms. The van der Waals surface area contributed by atoms with Crippen LogP contribution in [0.1, 0.15) is 18.1 Å². The van der Waals surface area contributed by atoms with Crippen LogP contribution in [0.2, 0.25) is 0 Å². The summed E-state index contributed by atoms with van der Waals surface area (Å²) in [6, 6.07) is 9.43. The Morgan fingerprint density at radius 3 is 2.58 bits per heavy atom. The van der Waals surface area contributed by atoms with Crippen molar-refractivity contribution in [2.75, 3.05) is 14.2 Å². The van der Waals surface area contributed by atoms with Gasteiger partial charge in [-0.2, -0.15) is 0 Å². The molecule has 1 atom stereocenters. The van der Waals surface area contributed by atoms with Crippen LogP contribution in [0.4, 0.5) is 8.78 Å². The Morgan fingerprint density at radius 1 is 1.15 bits per heavy atom. The van der Waals surface area contributed by atoms with Crippen molar-refractivity contribution >= 4 is 17.7 Å². The van der Waals surface area contributed by atoms with Crippen molar-refractivity contribution in [2.24, 2.45) is 0 Å². The molecule has 7 heteroatoms. The summed E-state index contributed by atoms with van der Waals surface area (Å²) in [7, 11) is 3.10. The summed E-state index contributed by atoms with van der Waals surface area (Å²) in [4.78, 5) is 12.2. The number of hydrogen-bond donors (Lipinski definition) is 1. The number of hydrogen-bond acceptors (Lipinski definition) is 4. The number of carbonyl (C=O) groups excluding carboxylic acids is 1. The van der Waals surface area contributed by atoms with E-state index in [0.29, 0.717) is 18.0 Å². The van der Waals surface area contributed by atoms with Crippen LogP contribution in [0.15, 0.2) is 36.4 Å². The van der Waals surface area contributed by atoms with E-state index in [1.54, 1.807) is 33.3 Å². The molecule has 0 bridgehead atoms. The van der Waals surface area contributed by atoms with Gasteiger partial charge < -0.3 is 14.8 Å². The van der Waals surface area contributed by atoms with Crippen LogP contribution in [0.5, 0.6) is 11.5 Å². The van der Waals surface area contributed by atoms with E-state index in [0.717, 1.165) is 11.6 Å². The molecule has 0 fully saturated rings. The van der Waals surface area contributed by atoms with Gasteiger partial charge in [0, 0.05) is 17.9 Å². The molecule has 0 aromatic heterocycles. The van der Waals surface area contributed by atoms with Crippen molar-refractivity contribution in [3.8, 4) is 11.5 Å². The lowest BCUT2D eigenvalue weighted by molar-refractivity contribution is -0.120. The number of nitrogens with one attached hydrogen (secondary N) is 1. The van der Waals surface area contributed by atoms with Gasteiger partial charge in [0.1, 0.15) is 0 Å². The number of methoxy groups -OCH3 is 2. The average molecular weight is 381 g/mol. The lowest BCUT2D eigenvalue weighted by Gasteiger charge is -2.14. The highest BCUT2D eigenvalue weighted by Crippen LogP contribution is 2.27. The van der Waals surface area contributed by atoms with Crippen molar-refractivity contribution in [1.29, 1.82) is 0 Å². The van der Waals surface area contributed by atoms with Crippen LogP contribution in [-0.2, 0) is 17.1 Å². The number of benzene rings is 2. The number of carbonyl (C=O) groups is 1. The highest BCUT2D eigenvalue weighted by molar-refractivity contribution is 7.99. The zero-order valence-electron chi connectivity index (χ0n) is 14.8. The Labute approximate surface area is 155 Å². The molecule has 2 aromatic carbocycles. The second-order valence-corrected chi connectivity index (χ2v) is 6.90. The summed E-state index contributed by atoms with van der Waals surface area (Å²) >= 11 is 1.25. The van der Waals surface area contributed by atoms with Crippen molar-refractivity contribution < 1.29 is 23.0 Å². The summed E-state index contributed by atoms with van der Waals surface area (Å²) in [6.45, 7) is 2.06. The van der Waals surface area contributed by atoms with E-state index in [1.165, 1.54) is 23.9 Å². The molecule has 0 aliphatic carbocycles. The molecule has 0 radical (unpaired) electrons. The molecule has 4 nitrogen and oxygen atoms in total. The fraction of sp³-hybridized carbons (Fsp3) is 0.316. The Hall–Kier alpha value is -2.28. The van der Waals surface area contributed by atoms with Gasteiger partial charge in [0.2, 0.25) is 5.91 Å². The number of halogens is 2. The minimum absolute atomic E-state index is 0.179. The van der Waals surface area contributed by atoms with Crippen LogP contribution >= 0.6 is 11.8 Å². The number of ether oxygens (including phenoxy) is 2. The van der Waals surface area contributed by atoms with Gasteiger partial charge in [-0.3, -0.25) is 4.79 Å². The fourth-order valence-electron chi connectivity index (χ4n) is 2.27. The first-order valence-corrected chi connectivity index (χ1v) is 9.04. The zero-order valence-corrected chi connectivity index (χ0v) is 15.7. The Bertz CT molecular complexity index is 770. The second kappa shape index (κ2) is 9.43. The quantitative estimate of drug-likeness (QED) is 0.753. The predicted molar refractivity (Wildman–Crippen MR) is 98.5 cm³/mol. The molecular formula is C19H21F2NO3S. The van der Waals surface area contributed by atoms with Crippen molar-refractivity contribution in [2.45, 2.75) is 24.5 Å². The first kappa shape index (κ1) is 20.0. The molecule has 26 heavy (non-hydrogen) atoms. The van der Waals surface area contributed by atoms with Gasteiger partial charge >= 0.3 is 0 Å². The van der Waals surface area contributed by atoms with Crippen LogP contribution in [0.25, 0.3) is 0 Å². The van der Waals surface area contributed by atoms with Gasteiger partial charge in [-0.25, -0.2) is 8.78 Å². The van der Waals surface area contributed by atoms with Crippen molar-refractivity contribution in [3.63, 3.8) is 0 Å². The summed E-state index contributed by atoms with van der Waals surface area (Å²) in [5.41, 5.74) is 1.11. The minimum Gasteiger partial charge on any atom is -0.493 e. The molecule has 0 saturated heterocycles. The molecule has 0 aliphatic heterocycles. The minimum atomic E-state index is -0.881. The van der Waals surface area contributed by atoms with Gasteiger partial charge in [-0.1, -0.05) is 18.2 Å². The van der Waals surface area contributed by atoms with Crippen LogP contribution in [0.3, 0.4) is 0 Å².